The summed E-state index contributed by atoms with van der Waals surface area (Å²) in [6, 6.07) is 0. The van der Waals surface area contributed by atoms with Crippen LogP contribution in [-0.2, 0) is 9.63 Å². The van der Waals surface area contributed by atoms with Crippen molar-refractivity contribution in [3.8, 4) is 0 Å². The first-order valence-corrected chi connectivity index (χ1v) is 2.73. The lowest BCUT2D eigenvalue weighted by Gasteiger charge is -1.99. The van der Waals surface area contributed by atoms with E-state index in [1.165, 1.54) is 7.85 Å². The van der Waals surface area contributed by atoms with Crippen molar-refractivity contribution in [1.29, 1.82) is 0 Å². The van der Waals surface area contributed by atoms with Crippen molar-refractivity contribution in [3.63, 3.8) is 0 Å². The van der Waals surface area contributed by atoms with Gasteiger partial charge >= 0.3 is 5.97 Å². The SMILES string of the molecule is BC(=O)NOCCC(=O)O. The lowest BCUT2D eigenvalue weighted by atomic mass is 10.1. The number of amides is 1. The van der Waals surface area contributed by atoms with E-state index in [0.29, 0.717) is 0 Å². The minimum absolute atomic E-state index is 0.00505. The van der Waals surface area contributed by atoms with E-state index < -0.39 is 5.97 Å². The molecule has 0 bridgehead atoms. The zero-order valence-corrected chi connectivity index (χ0v) is 5.59. The van der Waals surface area contributed by atoms with Crippen molar-refractivity contribution in [3.05, 3.63) is 0 Å². The van der Waals surface area contributed by atoms with Gasteiger partial charge in [0.15, 0.2) is 5.81 Å². The van der Waals surface area contributed by atoms with Gasteiger partial charge in [-0.15, -0.1) is 0 Å². The fourth-order valence-electron chi connectivity index (χ4n) is 0.291. The summed E-state index contributed by atoms with van der Waals surface area (Å²) in [5.41, 5.74) is 2.00. The Morgan fingerprint density at radius 1 is 1.60 bits per heavy atom. The molecule has 0 atom stereocenters. The predicted molar refractivity (Wildman–Crippen MR) is 35.3 cm³/mol. The van der Waals surface area contributed by atoms with Gasteiger partial charge in [-0.05, 0) is 0 Å². The summed E-state index contributed by atoms with van der Waals surface area (Å²) in [6.07, 6.45) is -0.111. The molecule has 0 aromatic carbocycles. The Labute approximate surface area is 58.7 Å². The van der Waals surface area contributed by atoms with Gasteiger partial charge in [0, 0.05) is 0 Å². The summed E-state index contributed by atoms with van der Waals surface area (Å²) in [7, 11) is 1.28. The number of hydrogen-bond acceptors (Lipinski definition) is 3. The largest absolute Gasteiger partial charge is 0.481 e. The normalized spacial score (nSPS) is 8.80. The van der Waals surface area contributed by atoms with Crippen molar-refractivity contribution in [2.45, 2.75) is 6.42 Å². The van der Waals surface area contributed by atoms with E-state index in [0.717, 1.165) is 0 Å². The minimum Gasteiger partial charge on any atom is -0.481 e. The van der Waals surface area contributed by atoms with Gasteiger partial charge in [-0.3, -0.25) is 14.4 Å². The molecule has 1 amide bonds. The number of hydroxylamine groups is 1. The minimum atomic E-state index is -0.953. The second-order valence-corrected chi connectivity index (χ2v) is 1.65. The van der Waals surface area contributed by atoms with Crippen LogP contribution in [0, 0.1) is 0 Å². The summed E-state index contributed by atoms with van der Waals surface area (Å²) in [5, 5.41) is 8.09. The van der Waals surface area contributed by atoms with Crippen molar-refractivity contribution in [2.75, 3.05) is 6.61 Å². The van der Waals surface area contributed by atoms with Gasteiger partial charge in [-0.2, -0.15) is 0 Å². The van der Waals surface area contributed by atoms with Gasteiger partial charge in [-0.1, -0.05) is 0 Å². The average molecular weight is 145 g/mol. The molecular weight excluding hydrogens is 137 g/mol. The van der Waals surface area contributed by atoms with Crippen LogP contribution in [-0.4, -0.2) is 31.3 Å². The van der Waals surface area contributed by atoms with Gasteiger partial charge in [0.25, 0.3) is 0 Å². The number of aliphatic carboxylic acids is 1. The van der Waals surface area contributed by atoms with Crippen molar-refractivity contribution in [2.24, 2.45) is 0 Å². The summed E-state index contributed by atoms with van der Waals surface area (Å²) in [6.45, 7) is -0.00505. The van der Waals surface area contributed by atoms with Crippen LogP contribution in [0.1, 0.15) is 6.42 Å². The Morgan fingerprint density at radius 2 is 2.20 bits per heavy atom. The van der Waals surface area contributed by atoms with Gasteiger partial charge in [0.2, 0.25) is 7.85 Å². The first kappa shape index (κ1) is 8.96. The van der Waals surface area contributed by atoms with Gasteiger partial charge < -0.3 is 5.11 Å². The molecular formula is C4H8BNO4. The highest BCUT2D eigenvalue weighted by molar-refractivity contribution is 6.56. The Bertz CT molecular complexity index is 121. The van der Waals surface area contributed by atoms with E-state index in [1.54, 1.807) is 0 Å². The monoisotopic (exact) mass is 145 g/mol. The van der Waals surface area contributed by atoms with Crippen LogP contribution in [0.2, 0.25) is 0 Å². The van der Waals surface area contributed by atoms with E-state index in [9.17, 15) is 9.59 Å². The molecule has 0 aromatic heterocycles. The maximum absolute atomic E-state index is 10.1. The fourth-order valence-corrected chi connectivity index (χ4v) is 0.291. The maximum atomic E-state index is 10.1. The summed E-state index contributed by atoms with van der Waals surface area (Å²) >= 11 is 0. The number of carboxylic acid groups (broad SMARTS) is 1. The zero-order valence-electron chi connectivity index (χ0n) is 5.59. The first-order valence-electron chi connectivity index (χ1n) is 2.73. The molecule has 56 valence electrons. The molecule has 6 heteroatoms. The van der Waals surface area contributed by atoms with Gasteiger partial charge in [-0.25, -0.2) is 5.48 Å². The quantitative estimate of drug-likeness (QED) is 0.294. The standard InChI is InChI=1S/C4H8BNO4/c5-4(9)6-10-2-1-3(7)8/h1-2,5H2,(H,6,9)(H,7,8). The average Bonchev–Trinajstić information content (AvgIpc) is 1.79. The third kappa shape index (κ3) is 6.96. The third-order valence-corrected chi connectivity index (χ3v) is 0.634. The van der Waals surface area contributed by atoms with Crippen LogP contribution in [0.15, 0.2) is 0 Å². The van der Waals surface area contributed by atoms with Crippen molar-refractivity contribution < 1.29 is 19.5 Å². The molecule has 0 aliphatic heterocycles. The Balaban J connectivity index is 3.06. The Hall–Kier alpha value is -1.04. The van der Waals surface area contributed by atoms with Crippen molar-refractivity contribution in [1.82, 2.24) is 5.48 Å². The number of nitrogens with one attached hydrogen (secondary N) is 1. The second kappa shape index (κ2) is 4.81. The van der Waals surface area contributed by atoms with Crippen LogP contribution < -0.4 is 5.48 Å². The number of carbonyl (C=O) groups excluding carboxylic acids is 1. The molecule has 0 rings (SSSR count). The van der Waals surface area contributed by atoms with E-state index in [4.69, 9.17) is 5.11 Å². The molecule has 0 heterocycles. The Kier molecular flexibility index (Phi) is 4.31. The molecule has 0 aromatic rings. The number of carbonyl (C=O) groups is 2. The summed E-state index contributed by atoms with van der Waals surface area (Å²) < 4.78 is 0. The van der Waals surface area contributed by atoms with Crippen LogP contribution in [0.3, 0.4) is 0 Å². The molecule has 0 aliphatic rings. The molecule has 0 saturated heterocycles. The summed E-state index contributed by atoms with van der Waals surface area (Å²) in [4.78, 5) is 24.4. The van der Waals surface area contributed by atoms with Crippen LogP contribution in [0.5, 0.6) is 0 Å². The fraction of sp³-hybridized carbons (Fsp3) is 0.500. The van der Waals surface area contributed by atoms with E-state index >= 15 is 0 Å². The lowest BCUT2D eigenvalue weighted by Crippen LogP contribution is -2.23. The van der Waals surface area contributed by atoms with E-state index in [-0.39, 0.29) is 18.8 Å². The third-order valence-electron chi connectivity index (χ3n) is 0.634. The van der Waals surface area contributed by atoms with Crippen LogP contribution >= 0.6 is 0 Å². The topological polar surface area (TPSA) is 75.6 Å². The second-order valence-electron chi connectivity index (χ2n) is 1.65. The maximum Gasteiger partial charge on any atom is 0.305 e. The Morgan fingerprint density at radius 3 is 2.60 bits per heavy atom. The molecule has 0 saturated carbocycles. The van der Waals surface area contributed by atoms with Crippen LogP contribution in [0.4, 0.5) is 4.79 Å². The number of hydrogen-bond donors (Lipinski definition) is 2. The smallest absolute Gasteiger partial charge is 0.305 e. The van der Waals surface area contributed by atoms with Gasteiger partial charge in [0.05, 0.1) is 13.0 Å². The molecule has 5 nitrogen and oxygen atoms in total. The van der Waals surface area contributed by atoms with Crippen LogP contribution in [0.25, 0.3) is 0 Å². The molecule has 0 radical (unpaired) electrons. The molecule has 0 unspecified atom stereocenters. The highest BCUT2D eigenvalue weighted by Crippen LogP contribution is 1.78. The summed E-state index contributed by atoms with van der Waals surface area (Å²) in [5.74, 6) is -1.30. The highest BCUT2D eigenvalue weighted by atomic mass is 16.6. The van der Waals surface area contributed by atoms with E-state index in [2.05, 4.69) is 4.84 Å². The van der Waals surface area contributed by atoms with Crippen molar-refractivity contribution >= 4 is 19.6 Å². The highest BCUT2D eigenvalue weighted by Gasteiger charge is 1.96. The lowest BCUT2D eigenvalue weighted by molar-refractivity contribution is -0.138. The molecule has 0 aliphatic carbocycles. The first-order chi connectivity index (χ1) is 4.63. The molecule has 10 heavy (non-hydrogen) atoms. The number of carboxylic acids is 1. The van der Waals surface area contributed by atoms with Gasteiger partial charge in [0.1, 0.15) is 0 Å². The number of rotatable bonds is 4. The van der Waals surface area contributed by atoms with E-state index in [1.807, 2.05) is 5.48 Å². The molecule has 0 fully saturated rings. The molecule has 2 N–H and O–H groups in total. The molecule has 0 spiro atoms. The predicted octanol–water partition coefficient (Wildman–Crippen LogP) is -1.26. The zero-order chi connectivity index (χ0) is 7.98.